The Morgan fingerprint density at radius 1 is 0.724 bits per heavy atom. The molecule has 0 heterocycles. The van der Waals surface area contributed by atoms with Crippen LogP contribution < -0.4 is 22.9 Å². The average molecular weight is 396 g/mol. The van der Waals surface area contributed by atoms with Crippen molar-refractivity contribution >= 4 is 23.2 Å². The lowest BCUT2D eigenvalue weighted by molar-refractivity contribution is 0.0989. The molecular weight excluding hydrogens is 372 g/mol. The van der Waals surface area contributed by atoms with Crippen LogP contribution in [0.4, 0.5) is 11.4 Å². The van der Waals surface area contributed by atoms with Crippen molar-refractivity contribution in [2.24, 2.45) is 11.5 Å². The number of nitrogen functional groups attached to an aromatic ring is 2. The lowest BCUT2D eigenvalue weighted by Crippen LogP contribution is -2.10. The first-order valence-electron chi connectivity index (χ1n) is 8.40. The Kier molecular flexibility index (Phi) is 8.53. The molecule has 8 heteroatoms. The summed E-state index contributed by atoms with van der Waals surface area (Å²) in [4.78, 5) is 21.0. The van der Waals surface area contributed by atoms with Gasteiger partial charge in [0, 0.05) is 11.4 Å². The fourth-order valence-electron chi connectivity index (χ4n) is 2.02. The summed E-state index contributed by atoms with van der Waals surface area (Å²) in [6.07, 6.45) is 0. The molecule has 0 unspecified atom stereocenters. The lowest BCUT2D eigenvalue weighted by Gasteiger charge is -1.98. The number of hydrogen-bond acceptors (Lipinski definition) is 6. The SMILES string of the molecule is Cc1ccc(N)cc1N.NC(=O)c1ccccc1O.NC(=O)c1ccccc1O. The first-order chi connectivity index (χ1) is 13.6. The molecule has 0 fully saturated rings. The molecule has 3 aromatic carbocycles. The Labute approximate surface area is 168 Å². The smallest absolute Gasteiger partial charge is 0.252 e. The molecule has 29 heavy (non-hydrogen) atoms. The van der Waals surface area contributed by atoms with Gasteiger partial charge >= 0.3 is 0 Å². The fraction of sp³-hybridized carbons (Fsp3) is 0.0476. The first-order valence-corrected chi connectivity index (χ1v) is 8.40. The molecule has 0 radical (unpaired) electrons. The highest BCUT2D eigenvalue weighted by molar-refractivity contribution is 5.95. The molecule has 3 aromatic rings. The van der Waals surface area contributed by atoms with Crippen LogP contribution in [-0.2, 0) is 0 Å². The van der Waals surface area contributed by atoms with E-state index in [9.17, 15) is 9.59 Å². The second-order valence-electron chi connectivity index (χ2n) is 5.88. The van der Waals surface area contributed by atoms with Crippen LogP contribution in [0.1, 0.15) is 26.3 Å². The number of primary amides is 2. The number of phenols is 2. The van der Waals surface area contributed by atoms with E-state index in [0.717, 1.165) is 16.9 Å². The predicted molar refractivity (Wildman–Crippen MR) is 113 cm³/mol. The zero-order valence-corrected chi connectivity index (χ0v) is 15.9. The van der Waals surface area contributed by atoms with Gasteiger partial charge in [0.15, 0.2) is 0 Å². The zero-order chi connectivity index (χ0) is 22.0. The van der Waals surface area contributed by atoms with E-state index in [4.69, 9.17) is 33.1 Å². The number of carbonyl (C=O) groups excluding carboxylic acids is 2. The summed E-state index contributed by atoms with van der Waals surface area (Å²) in [5, 5.41) is 18.0. The van der Waals surface area contributed by atoms with Crippen LogP contribution in [-0.4, -0.2) is 22.0 Å². The third-order valence-electron chi connectivity index (χ3n) is 3.64. The summed E-state index contributed by atoms with van der Waals surface area (Å²) in [5.74, 6) is -1.37. The van der Waals surface area contributed by atoms with Gasteiger partial charge in [-0.25, -0.2) is 0 Å². The van der Waals surface area contributed by atoms with Crippen molar-refractivity contribution < 1.29 is 19.8 Å². The van der Waals surface area contributed by atoms with Crippen molar-refractivity contribution in [1.29, 1.82) is 0 Å². The summed E-state index contributed by atoms with van der Waals surface area (Å²) in [5.41, 5.74) is 23.7. The number of anilines is 2. The summed E-state index contributed by atoms with van der Waals surface area (Å²) < 4.78 is 0. The summed E-state index contributed by atoms with van der Waals surface area (Å²) in [6.45, 7) is 1.95. The Morgan fingerprint density at radius 3 is 1.41 bits per heavy atom. The van der Waals surface area contributed by atoms with Crippen LogP contribution in [0, 0.1) is 6.92 Å². The Bertz CT molecular complexity index is 934. The largest absolute Gasteiger partial charge is 0.507 e. The van der Waals surface area contributed by atoms with Gasteiger partial charge in [-0.15, -0.1) is 0 Å². The summed E-state index contributed by atoms with van der Waals surface area (Å²) >= 11 is 0. The van der Waals surface area contributed by atoms with Gasteiger partial charge in [0.1, 0.15) is 11.5 Å². The number of amides is 2. The maximum absolute atomic E-state index is 10.5. The highest BCUT2D eigenvalue weighted by Gasteiger charge is 2.04. The minimum absolute atomic E-state index is 0.0741. The fourth-order valence-corrected chi connectivity index (χ4v) is 2.02. The second-order valence-corrected chi connectivity index (χ2v) is 5.88. The van der Waals surface area contributed by atoms with Gasteiger partial charge in [0.05, 0.1) is 11.1 Å². The van der Waals surface area contributed by atoms with E-state index in [1.807, 2.05) is 19.1 Å². The van der Waals surface area contributed by atoms with E-state index in [1.165, 1.54) is 24.3 Å². The molecule has 0 saturated heterocycles. The Balaban J connectivity index is 0.000000218. The molecule has 10 N–H and O–H groups in total. The van der Waals surface area contributed by atoms with Crippen LogP contribution >= 0.6 is 0 Å². The van der Waals surface area contributed by atoms with Crippen molar-refractivity contribution in [3.63, 3.8) is 0 Å². The van der Waals surface area contributed by atoms with Crippen LogP contribution in [0.3, 0.4) is 0 Å². The van der Waals surface area contributed by atoms with Crippen LogP contribution in [0.25, 0.3) is 0 Å². The lowest BCUT2D eigenvalue weighted by atomic mass is 10.2. The van der Waals surface area contributed by atoms with E-state index in [-0.39, 0.29) is 22.6 Å². The second kappa shape index (κ2) is 10.8. The van der Waals surface area contributed by atoms with E-state index in [0.29, 0.717) is 0 Å². The normalized spacial score (nSPS) is 9.28. The molecule has 0 bridgehead atoms. The third-order valence-corrected chi connectivity index (χ3v) is 3.64. The van der Waals surface area contributed by atoms with Gasteiger partial charge in [-0.3, -0.25) is 9.59 Å². The zero-order valence-electron chi connectivity index (χ0n) is 15.9. The molecule has 0 aliphatic heterocycles. The molecule has 0 saturated carbocycles. The number of hydrogen-bond donors (Lipinski definition) is 6. The van der Waals surface area contributed by atoms with Crippen LogP contribution in [0.2, 0.25) is 0 Å². The standard InChI is InChI=1S/C7H10N2.2C7H7NO2/c1-5-2-3-6(8)4-7(5)9;2*8-7(10)5-3-1-2-4-6(5)9/h2-4H,8-9H2,1H3;2*1-4,9H,(H2,8,10). The molecular formula is C21H24N4O4. The van der Waals surface area contributed by atoms with Crippen molar-refractivity contribution in [3.05, 3.63) is 83.4 Å². The van der Waals surface area contributed by atoms with Crippen LogP contribution in [0.5, 0.6) is 11.5 Å². The predicted octanol–water partition coefficient (Wildman–Crippen LogP) is 2.14. The Hall–Kier alpha value is -4.20. The molecule has 152 valence electrons. The first kappa shape index (κ1) is 22.8. The highest BCUT2D eigenvalue weighted by atomic mass is 16.3. The molecule has 8 nitrogen and oxygen atoms in total. The number of rotatable bonds is 2. The molecule has 0 spiro atoms. The molecule has 0 atom stereocenters. The maximum Gasteiger partial charge on any atom is 0.252 e. The van der Waals surface area contributed by atoms with Crippen molar-refractivity contribution in [2.75, 3.05) is 11.5 Å². The minimum Gasteiger partial charge on any atom is -0.507 e. The van der Waals surface area contributed by atoms with E-state index < -0.39 is 11.8 Å². The van der Waals surface area contributed by atoms with Gasteiger partial charge in [0.25, 0.3) is 11.8 Å². The number of nitrogens with two attached hydrogens (primary N) is 4. The molecule has 0 aliphatic rings. The summed E-state index contributed by atoms with van der Waals surface area (Å²) in [7, 11) is 0. The highest BCUT2D eigenvalue weighted by Crippen LogP contribution is 2.15. The van der Waals surface area contributed by atoms with E-state index in [1.54, 1.807) is 30.3 Å². The van der Waals surface area contributed by atoms with Gasteiger partial charge < -0.3 is 33.1 Å². The van der Waals surface area contributed by atoms with Crippen molar-refractivity contribution in [1.82, 2.24) is 0 Å². The summed E-state index contributed by atoms with van der Waals surface area (Å²) in [6, 6.07) is 17.8. The van der Waals surface area contributed by atoms with Gasteiger partial charge in [-0.05, 0) is 48.9 Å². The van der Waals surface area contributed by atoms with E-state index in [2.05, 4.69) is 0 Å². The molecule has 2 amide bonds. The quantitative estimate of drug-likeness (QED) is 0.361. The number of para-hydroxylation sites is 2. The van der Waals surface area contributed by atoms with Crippen molar-refractivity contribution in [2.45, 2.75) is 6.92 Å². The molecule has 0 aromatic heterocycles. The Morgan fingerprint density at radius 2 is 1.14 bits per heavy atom. The number of benzene rings is 3. The van der Waals surface area contributed by atoms with Crippen LogP contribution in [0.15, 0.2) is 66.7 Å². The molecule has 3 rings (SSSR count). The monoisotopic (exact) mass is 396 g/mol. The third kappa shape index (κ3) is 7.51. The van der Waals surface area contributed by atoms with Gasteiger partial charge in [0.2, 0.25) is 0 Å². The van der Waals surface area contributed by atoms with Gasteiger partial charge in [-0.1, -0.05) is 30.3 Å². The maximum atomic E-state index is 10.5. The molecule has 0 aliphatic carbocycles. The number of aromatic hydroxyl groups is 2. The topological polar surface area (TPSA) is 179 Å². The number of aryl methyl sites for hydroxylation is 1. The van der Waals surface area contributed by atoms with Crippen molar-refractivity contribution in [3.8, 4) is 11.5 Å². The van der Waals surface area contributed by atoms with Gasteiger partial charge in [-0.2, -0.15) is 0 Å². The average Bonchev–Trinajstić information content (AvgIpc) is 2.66. The van der Waals surface area contributed by atoms with E-state index >= 15 is 0 Å². The minimum atomic E-state index is -0.613. The number of carbonyl (C=O) groups is 2.